The van der Waals surface area contributed by atoms with Gasteiger partial charge in [0, 0.05) is 17.5 Å². The van der Waals surface area contributed by atoms with Gasteiger partial charge in [0.25, 0.3) is 5.01 Å². The van der Waals surface area contributed by atoms with Gasteiger partial charge in [0.05, 0.1) is 23.4 Å². The molecule has 26 heavy (non-hydrogen) atoms. The molecule has 1 N–H and O–H groups in total. The van der Waals surface area contributed by atoms with Gasteiger partial charge in [-0.1, -0.05) is 41.3 Å². The first kappa shape index (κ1) is 19.7. The molecule has 0 atom stereocenters. The molecule has 2 aromatic carbocycles. The maximum atomic E-state index is 9.54. The van der Waals surface area contributed by atoms with E-state index >= 15 is 0 Å². The van der Waals surface area contributed by atoms with Gasteiger partial charge in [-0.25, -0.2) is 0 Å². The number of anilines is 1. The molecular formula is C20H21IN2OS2. The first-order valence-corrected chi connectivity index (χ1v) is 10.1. The van der Waals surface area contributed by atoms with Crippen molar-refractivity contribution >= 4 is 45.1 Å². The predicted molar refractivity (Wildman–Crippen MR) is 107 cm³/mol. The minimum atomic E-state index is 0. The summed E-state index contributed by atoms with van der Waals surface area (Å²) in [7, 11) is 0. The zero-order valence-electron chi connectivity index (χ0n) is 14.8. The monoisotopic (exact) mass is 496 g/mol. The number of thiazole rings is 1. The molecule has 3 nitrogen and oxygen atoms in total. The summed E-state index contributed by atoms with van der Waals surface area (Å²) in [6, 6.07) is 15.1. The minimum absolute atomic E-state index is 0. The van der Waals surface area contributed by atoms with E-state index < -0.39 is 0 Å². The van der Waals surface area contributed by atoms with E-state index in [-0.39, 0.29) is 30.6 Å². The number of fused-ring (bicyclic) bond motifs is 2. The normalized spacial score (nSPS) is 14.7. The number of thioether (sulfide) groups is 1. The van der Waals surface area contributed by atoms with Crippen LogP contribution < -0.4 is 33.4 Å². The number of β-amino-alcohol motifs (C(OH)–C–C–N with tert-alkyl or cyclic N) is 1. The molecule has 0 unspecified atom stereocenters. The zero-order valence-corrected chi connectivity index (χ0v) is 18.6. The van der Waals surface area contributed by atoms with E-state index in [4.69, 9.17) is 0 Å². The summed E-state index contributed by atoms with van der Waals surface area (Å²) in [4.78, 5) is 3.49. The van der Waals surface area contributed by atoms with Crippen molar-refractivity contribution in [3.05, 3.63) is 58.1 Å². The summed E-state index contributed by atoms with van der Waals surface area (Å²) in [5.74, 6) is 0. The minimum Gasteiger partial charge on any atom is -1.00 e. The van der Waals surface area contributed by atoms with Crippen LogP contribution in [0.2, 0.25) is 0 Å². The van der Waals surface area contributed by atoms with Crippen molar-refractivity contribution in [2.75, 3.05) is 18.1 Å². The van der Waals surface area contributed by atoms with Crippen molar-refractivity contribution in [2.24, 2.45) is 0 Å². The fourth-order valence-corrected chi connectivity index (χ4v) is 5.58. The summed E-state index contributed by atoms with van der Waals surface area (Å²) in [5.41, 5.74) is 3.73. The molecular weight excluding hydrogens is 475 g/mol. The summed E-state index contributed by atoms with van der Waals surface area (Å²) in [6.45, 7) is 6.00. The Bertz CT molecular complexity index is 968. The number of aryl methyl sites for hydroxylation is 2. The molecule has 0 saturated heterocycles. The Kier molecular flexibility index (Phi) is 6.27. The van der Waals surface area contributed by atoms with E-state index in [1.807, 2.05) is 11.3 Å². The van der Waals surface area contributed by atoms with Gasteiger partial charge in [-0.3, -0.25) is 0 Å². The van der Waals surface area contributed by atoms with Gasteiger partial charge in [0.15, 0.2) is 0 Å². The maximum absolute atomic E-state index is 9.54. The van der Waals surface area contributed by atoms with E-state index in [0.29, 0.717) is 6.54 Å². The largest absolute Gasteiger partial charge is 1.00 e. The highest BCUT2D eigenvalue weighted by molar-refractivity contribution is 8.03. The number of aliphatic hydroxyl groups excluding tert-OH is 1. The molecule has 0 fully saturated rings. The second-order valence-corrected chi connectivity index (χ2v) is 8.21. The molecule has 0 radical (unpaired) electrons. The lowest BCUT2D eigenvalue weighted by molar-refractivity contribution is -0.665. The zero-order chi connectivity index (χ0) is 17.4. The van der Waals surface area contributed by atoms with Crippen LogP contribution in [0.4, 0.5) is 5.69 Å². The third kappa shape index (κ3) is 3.52. The van der Waals surface area contributed by atoms with Gasteiger partial charge >= 0.3 is 0 Å². The Balaban J connectivity index is 0.00000196. The van der Waals surface area contributed by atoms with Gasteiger partial charge in [0.1, 0.15) is 11.2 Å². The third-order valence-electron chi connectivity index (χ3n) is 4.41. The lowest BCUT2D eigenvalue weighted by Gasteiger charge is -2.19. The van der Waals surface area contributed by atoms with Crippen LogP contribution in [0.25, 0.3) is 16.3 Å². The summed E-state index contributed by atoms with van der Waals surface area (Å²) < 4.78 is 3.67. The molecule has 0 aliphatic carbocycles. The van der Waals surface area contributed by atoms with Crippen molar-refractivity contribution in [1.82, 2.24) is 0 Å². The Hall–Kier alpha value is -1.09. The highest BCUT2D eigenvalue weighted by atomic mass is 127. The van der Waals surface area contributed by atoms with Crippen molar-refractivity contribution in [2.45, 2.75) is 25.3 Å². The van der Waals surface area contributed by atoms with E-state index in [1.165, 1.54) is 36.4 Å². The standard InChI is InChI=1S/C20H21N2OS2.HI/c1-3-21-15-6-4-5-7-17(15)24-19(21)13-20-22(10-11-23)16-12-14(2)8-9-18(16)25-20;/h4-9,12-13,23H,3,10-11H2,1-2H3;1H/q+1;/p-1. The molecule has 1 aliphatic rings. The van der Waals surface area contributed by atoms with E-state index in [1.54, 1.807) is 11.8 Å². The van der Waals surface area contributed by atoms with Crippen LogP contribution in [0.5, 0.6) is 0 Å². The number of halogens is 1. The summed E-state index contributed by atoms with van der Waals surface area (Å²) in [6.07, 6.45) is 2.27. The summed E-state index contributed by atoms with van der Waals surface area (Å²) in [5, 5.41) is 12.0. The molecule has 0 spiro atoms. The second-order valence-electron chi connectivity index (χ2n) is 6.08. The van der Waals surface area contributed by atoms with Crippen LogP contribution in [0, 0.1) is 6.92 Å². The van der Waals surface area contributed by atoms with Crippen LogP contribution in [0.3, 0.4) is 0 Å². The Labute approximate surface area is 179 Å². The van der Waals surface area contributed by atoms with Crippen LogP contribution in [-0.4, -0.2) is 18.3 Å². The average molecular weight is 496 g/mol. The molecule has 0 bridgehead atoms. The lowest BCUT2D eigenvalue weighted by atomic mass is 10.2. The van der Waals surface area contributed by atoms with Crippen molar-refractivity contribution in [3.8, 4) is 0 Å². The van der Waals surface area contributed by atoms with Gasteiger partial charge in [0.2, 0.25) is 5.52 Å². The fourth-order valence-electron chi connectivity index (χ4n) is 3.24. The topological polar surface area (TPSA) is 27.4 Å². The Morgan fingerprint density at radius 3 is 2.77 bits per heavy atom. The first-order chi connectivity index (χ1) is 12.2. The van der Waals surface area contributed by atoms with E-state index in [0.717, 1.165) is 6.54 Å². The average Bonchev–Trinajstić information content (AvgIpc) is 3.13. The highest BCUT2D eigenvalue weighted by Crippen LogP contribution is 2.47. The number of para-hydroxylation sites is 1. The molecule has 6 heteroatoms. The second kappa shape index (κ2) is 8.29. The molecule has 3 aromatic rings. The number of aliphatic hydroxyl groups is 1. The van der Waals surface area contributed by atoms with Crippen molar-refractivity contribution < 1.29 is 33.7 Å². The smallest absolute Gasteiger partial charge is 0.265 e. The number of nitrogens with zero attached hydrogens (tertiary/aromatic N) is 2. The van der Waals surface area contributed by atoms with Gasteiger partial charge in [-0.05, 0) is 37.6 Å². The highest BCUT2D eigenvalue weighted by Gasteiger charge is 2.27. The van der Waals surface area contributed by atoms with Gasteiger partial charge in [-0.2, -0.15) is 4.57 Å². The Morgan fingerprint density at radius 1 is 1.19 bits per heavy atom. The molecule has 1 aliphatic heterocycles. The SMILES string of the molecule is CC[n+]1c(/C=C2\Sc3ccc(C)cc3N2CCO)sc2ccccc21.[I-]. The third-order valence-corrected chi connectivity index (χ3v) is 6.63. The van der Waals surface area contributed by atoms with Gasteiger partial charge < -0.3 is 34.0 Å². The molecule has 0 saturated carbocycles. The molecule has 2 heterocycles. The number of hydrogen-bond acceptors (Lipinski definition) is 4. The quantitative estimate of drug-likeness (QED) is 0.438. The predicted octanol–water partition coefficient (Wildman–Crippen LogP) is 1.42. The van der Waals surface area contributed by atoms with Gasteiger partial charge in [-0.15, -0.1) is 0 Å². The van der Waals surface area contributed by atoms with Crippen molar-refractivity contribution in [1.29, 1.82) is 0 Å². The first-order valence-electron chi connectivity index (χ1n) is 8.51. The number of aromatic nitrogens is 1. The molecule has 1 aromatic heterocycles. The van der Waals surface area contributed by atoms with Crippen LogP contribution in [0.15, 0.2) is 52.4 Å². The molecule has 0 amide bonds. The lowest BCUT2D eigenvalue weighted by Crippen LogP contribution is -3.00. The van der Waals surface area contributed by atoms with E-state index in [9.17, 15) is 5.11 Å². The Morgan fingerprint density at radius 2 is 2.00 bits per heavy atom. The molecule has 4 rings (SSSR count). The molecule has 136 valence electrons. The van der Waals surface area contributed by atoms with Crippen LogP contribution in [-0.2, 0) is 6.54 Å². The summed E-state index contributed by atoms with van der Waals surface area (Å²) >= 11 is 3.61. The van der Waals surface area contributed by atoms with Crippen molar-refractivity contribution in [3.63, 3.8) is 0 Å². The van der Waals surface area contributed by atoms with E-state index in [2.05, 4.69) is 71.9 Å². The number of rotatable bonds is 4. The van der Waals surface area contributed by atoms with Crippen LogP contribution in [0.1, 0.15) is 17.5 Å². The fraction of sp³-hybridized carbons (Fsp3) is 0.250. The van der Waals surface area contributed by atoms with Crippen LogP contribution >= 0.6 is 23.1 Å². The number of hydrogen-bond donors (Lipinski definition) is 1. The number of benzene rings is 2. The maximum Gasteiger partial charge on any atom is 0.265 e.